The Bertz CT molecular complexity index is 1010. The van der Waals surface area contributed by atoms with E-state index in [2.05, 4.69) is 46.1 Å². The summed E-state index contributed by atoms with van der Waals surface area (Å²) in [7, 11) is 2.19. The number of piperazine rings is 1. The minimum absolute atomic E-state index is 0.0768. The van der Waals surface area contributed by atoms with E-state index in [0.29, 0.717) is 12.5 Å². The molecule has 0 unspecified atom stereocenters. The zero-order valence-corrected chi connectivity index (χ0v) is 20.0. The number of rotatable bonds is 4. The number of carboxylic acids is 1. The van der Waals surface area contributed by atoms with Crippen LogP contribution in [0.15, 0.2) is 18.3 Å². The first-order valence-corrected chi connectivity index (χ1v) is 11.7. The second kappa shape index (κ2) is 11.4. The number of nitrogens with one attached hydrogen (secondary N) is 1. The Morgan fingerprint density at radius 3 is 2.34 bits per heavy atom. The van der Waals surface area contributed by atoms with Crippen molar-refractivity contribution >= 4 is 22.8 Å². The molecule has 0 aliphatic carbocycles. The van der Waals surface area contributed by atoms with Crippen molar-refractivity contribution in [3.63, 3.8) is 0 Å². The van der Waals surface area contributed by atoms with Crippen LogP contribution in [0, 0.1) is 6.92 Å². The van der Waals surface area contributed by atoms with Gasteiger partial charge in [-0.05, 0) is 63.5 Å². The number of hydrogen-bond acceptors (Lipinski definition) is 6. The number of amides is 1. The van der Waals surface area contributed by atoms with Crippen LogP contribution in [0.4, 0.5) is 13.2 Å². The summed E-state index contributed by atoms with van der Waals surface area (Å²) in [6, 6.07) is 4.37. The van der Waals surface area contributed by atoms with Crippen molar-refractivity contribution in [2.75, 3.05) is 46.3 Å². The van der Waals surface area contributed by atoms with Crippen molar-refractivity contribution in [3.8, 4) is 0 Å². The van der Waals surface area contributed by atoms with E-state index in [1.54, 1.807) is 0 Å². The van der Waals surface area contributed by atoms with E-state index in [0.717, 1.165) is 48.2 Å². The minimum Gasteiger partial charge on any atom is -0.475 e. The number of H-pyrrole nitrogens is 1. The van der Waals surface area contributed by atoms with Gasteiger partial charge in [-0.1, -0.05) is 6.07 Å². The van der Waals surface area contributed by atoms with Crippen LogP contribution in [0.2, 0.25) is 0 Å². The number of aromatic amines is 1. The van der Waals surface area contributed by atoms with E-state index in [1.165, 1.54) is 25.9 Å². The molecule has 2 aromatic rings. The van der Waals surface area contributed by atoms with Crippen LogP contribution in [0.1, 0.15) is 24.0 Å². The summed E-state index contributed by atoms with van der Waals surface area (Å²) < 4.78 is 31.7. The van der Waals surface area contributed by atoms with Crippen molar-refractivity contribution in [2.45, 2.75) is 44.4 Å². The molecule has 0 radical (unpaired) electrons. The lowest BCUT2D eigenvalue weighted by Crippen LogP contribution is -2.56. The molecule has 2 fully saturated rings. The highest BCUT2D eigenvalue weighted by molar-refractivity contribution is 5.84. The van der Waals surface area contributed by atoms with Crippen LogP contribution in [-0.4, -0.2) is 106 Å². The molecule has 0 bridgehead atoms. The average molecular weight is 499 g/mol. The number of benzene rings is 1. The smallest absolute Gasteiger partial charge is 0.475 e. The maximum Gasteiger partial charge on any atom is 0.490 e. The topological polar surface area (TPSA) is 119 Å². The molecular formula is C23H33F3N6O3. The van der Waals surface area contributed by atoms with Gasteiger partial charge in [-0.25, -0.2) is 4.79 Å². The number of halogens is 3. The van der Waals surface area contributed by atoms with Gasteiger partial charge in [-0.3, -0.25) is 14.8 Å². The highest BCUT2D eigenvalue weighted by atomic mass is 19.4. The first kappa shape index (κ1) is 26.9. The summed E-state index contributed by atoms with van der Waals surface area (Å²) in [5.74, 6) is -2.68. The maximum absolute atomic E-state index is 12.9. The number of nitrogens with zero attached hydrogens (tertiary/aromatic N) is 4. The normalized spacial score (nSPS) is 19.3. The molecule has 194 valence electrons. The van der Waals surface area contributed by atoms with Crippen molar-refractivity contribution in [3.05, 3.63) is 29.5 Å². The number of carbonyl (C=O) groups is 2. The quantitative estimate of drug-likeness (QED) is 0.586. The number of aryl methyl sites for hydroxylation is 1. The lowest BCUT2D eigenvalue weighted by atomic mass is 10.0. The lowest BCUT2D eigenvalue weighted by molar-refractivity contribution is -0.192. The monoisotopic (exact) mass is 498 g/mol. The van der Waals surface area contributed by atoms with Gasteiger partial charge >= 0.3 is 12.1 Å². The largest absolute Gasteiger partial charge is 0.490 e. The summed E-state index contributed by atoms with van der Waals surface area (Å²) in [4.78, 5) is 28.7. The number of piperidine rings is 1. The van der Waals surface area contributed by atoms with E-state index in [9.17, 15) is 18.0 Å². The number of likely N-dealkylation sites (tertiary alicyclic amines) is 1. The van der Waals surface area contributed by atoms with Crippen molar-refractivity contribution in [1.82, 2.24) is 24.9 Å². The van der Waals surface area contributed by atoms with Crippen molar-refractivity contribution < 1.29 is 27.9 Å². The van der Waals surface area contributed by atoms with Gasteiger partial charge in [0.15, 0.2) is 0 Å². The standard InChI is InChI=1S/C21H32N6O.C2HF3O2/c1-15-11-16(12-17-14-23-24-20(15)17)13-19(22)21(28)27-9-7-26(8-10-27)18-3-5-25(2)6-4-18;3-2(4,5)1(6)7/h11-12,14,18-19H,3-10,13,22H2,1-2H3,(H,23,24);(H,6,7)/t19-;/m1./s1. The first-order valence-electron chi connectivity index (χ1n) is 11.7. The minimum atomic E-state index is -5.08. The Balaban J connectivity index is 0.000000429. The van der Waals surface area contributed by atoms with E-state index in [1.807, 2.05) is 11.1 Å². The van der Waals surface area contributed by atoms with Gasteiger partial charge in [0, 0.05) is 37.6 Å². The molecule has 1 aromatic carbocycles. The Labute approximate surface area is 202 Å². The Morgan fingerprint density at radius 1 is 1.17 bits per heavy atom. The van der Waals surface area contributed by atoms with Crippen LogP contribution in [0.25, 0.3) is 10.9 Å². The number of aromatic nitrogens is 2. The van der Waals surface area contributed by atoms with Gasteiger partial charge in [0.25, 0.3) is 0 Å². The molecule has 0 saturated carbocycles. The molecule has 4 rings (SSSR count). The second-order valence-electron chi connectivity index (χ2n) is 9.26. The number of hydrogen-bond donors (Lipinski definition) is 3. The van der Waals surface area contributed by atoms with Gasteiger partial charge in [-0.2, -0.15) is 18.3 Å². The highest BCUT2D eigenvalue weighted by Gasteiger charge is 2.38. The number of alkyl halides is 3. The molecule has 9 nitrogen and oxygen atoms in total. The van der Waals surface area contributed by atoms with Gasteiger partial charge < -0.3 is 20.6 Å². The van der Waals surface area contributed by atoms with E-state index in [-0.39, 0.29) is 5.91 Å². The SMILES string of the molecule is Cc1cc(C[C@@H](N)C(=O)N2CCN(C3CCN(C)CC3)CC2)cc2cn[nH]c12.O=C(O)C(F)(F)F. The second-order valence-corrected chi connectivity index (χ2v) is 9.26. The predicted octanol–water partition coefficient (Wildman–Crippen LogP) is 1.61. The fourth-order valence-corrected chi connectivity index (χ4v) is 4.67. The predicted molar refractivity (Wildman–Crippen MR) is 125 cm³/mol. The molecule has 35 heavy (non-hydrogen) atoms. The van der Waals surface area contributed by atoms with Crippen LogP contribution < -0.4 is 5.73 Å². The number of carbonyl (C=O) groups excluding carboxylic acids is 1. The number of aliphatic carboxylic acids is 1. The highest BCUT2D eigenvalue weighted by Crippen LogP contribution is 2.20. The molecule has 1 aromatic heterocycles. The van der Waals surface area contributed by atoms with Crippen LogP contribution in [0.5, 0.6) is 0 Å². The molecule has 2 saturated heterocycles. The molecule has 2 aliphatic rings. The van der Waals surface area contributed by atoms with Crippen LogP contribution in [0.3, 0.4) is 0 Å². The molecule has 2 aliphatic heterocycles. The van der Waals surface area contributed by atoms with Gasteiger partial charge in [0.1, 0.15) is 0 Å². The van der Waals surface area contributed by atoms with Crippen LogP contribution in [-0.2, 0) is 16.0 Å². The number of carboxylic acid groups (broad SMARTS) is 1. The average Bonchev–Trinajstić information content (AvgIpc) is 3.28. The molecule has 0 spiro atoms. The van der Waals surface area contributed by atoms with Gasteiger partial charge in [0.05, 0.1) is 17.8 Å². The molecule has 4 N–H and O–H groups in total. The van der Waals surface area contributed by atoms with E-state index < -0.39 is 18.2 Å². The molecule has 3 heterocycles. The fraction of sp³-hybridized carbons (Fsp3) is 0.609. The van der Waals surface area contributed by atoms with Crippen LogP contribution >= 0.6 is 0 Å². The summed E-state index contributed by atoms with van der Waals surface area (Å²) in [6.45, 7) is 7.92. The Hall–Kier alpha value is -2.70. The van der Waals surface area contributed by atoms with Gasteiger partial charge in [0.2, 0.25) is 5.91 Å². The third kappa shape index (κ3) is 7.15. The summed E-state index contributed by atoms with van der Waals surface area (Å²) >= 11 is 0. The Morgan fingerprint density at radius 2 is 1.77 bits per heavy atom. The third-order valence-corrected chi connectivity index (χ3v) is 6.65. The first-order chi connectivity index (χ1) is 16.5. The third-order valence-electron chi connectivity index (χ3n) is 6.65. The lowest BCUT2D eigenvalue weighted by Gasteiger charge is -2.42. The number of fused-ring (bicyclic) bond motifs is 1. The molecule has 1 atom stereocenters. The summed E-state index contributed by atoms with van der Waals surface area (Å²) in [5, 5.41) is 15.3. The van der Waals surface area contributed by atoms with E-state index >= 15 is 0 Å². The molecular weight excluding hydrogens is 465 g/mol. The zero-order chi connectivity index (χ0) is 25.8. The van der Waals surface area contributed by atoms with Gasteiger partial charge in [-0.15, -0.1) is 0 Å². The molecule has 1 amide bonds. The zero-order valence-electron chi connectivity index (χ0n) is 20.0. The van der Waals surface area contributed by atoms with Crippen molar-refractivity contribution in [1.29, 1.82) is 0 Å². The number of nitrogens with two attached hydrogens (primary N) is 1. The Kier molecular flexibility index (Phi) is 8.73. The summed E-state index contributed by atoms with van der Waals surface area (Å²) in [5.41, 5.74) is 9.59. The van der Waals surface area contributed by atoms with E-state index in [4.69, 9.17) is 15.6 Å². The maximum atomic E-state index is 12.9. The molecule has 12 heteroatoms. The van der Waals surface area contributed by atoms with Crippen molar-refractivity contribution in [2.24, 2.45) is 5.73 Å². The summed E-state index contributed by atoms with van der Waals surface area (Å²) in [6.07, 6.45) is -0.225. The fourth-order valence-electron chi connectivity index (χ4n) is 4.67.